The molecule has 0 spiro atoms. The molecule has 0 saturated carbocycles. The number of aromatic nitrogens is 2. The summed E-state index contributed by atoms with van der Waals surface area (Å²) in [6, 6.07) is 12.6. The maximum absolute atomic E-state index is 12.3. The molecule has 5 heteroatoms. The molecule has 2 N–H and O–H groups in total. The summed E-state index contributed by atoms with van der Waals surface area (Å²) in [5, 5.41) is 3.24. The molecule has 3 aromatic rings. The van der Waals surface area contributed by atoms with Crippen LogP contribution in [0.5, 0.6) is 0 Å². The van der Waals surface area contributed by atoms with E-state index in [1.807, 2.05) is 32.0 Å². The standard InChI is InChI=1S/C17H15N3O2/c1-10-7-8-13(11(2)9-10)19-17(22)15-18-14-6-4-3-5-12(14)16(21)20-15/h3-9H,1-2H3,(H,19,22)(H,18,20,21). The van der Waals surface area contributed by atoms with Crippen molar-refractivity contribution in [3.63, 3.8) is 0 Å². The van der Waals surface area contributed by atoms with Gasteiger partial charge in [-0.3, -0.25) is 9.59 Å². The summed E-state index contributed by atoms with van der Waals surface area (Å²) < 4.78 is 0. The van der Waals surface area contributed by atoms with Crippen molar-refractivity contribution in [3.05, 3.63) is 69.8 Å². The van der Waals surface area contributed by atoms with Crippen LogP contribution in [0.2, 0.25) is 0 Å². The van der Waals surface area contributed by atoms with Gasteiger partial charge >= 0.3 is 0 Å². The van der Waals surface area contributed by atoms with Crippen LogP contribution in [0.4, 0.5) is 5.69 Å². The van der Waals surface area contributed by atoms with E-state index < -0.39 is 5.91 Å². The van der Waals surface area contributed by atoms with Crippen LogP contribution in [0, 0.1) is 13.8 Å². The van der Waals surface area contributed by atoms with Gasteiger partial charge in [-0.2, -0.15) is 0 Å². The number of nitrogens with one attached hydrogen (secondary N) is 2. The molecule has 0 fully saturated rings. The Morgan fingerprint density at radius 1 is 1.14 bits per heavy atom. The van der Waals surface area contributed by atoms with Crippen molar-refractivity contribution in [2.45, 2.75) is 13.8 Å². The first-order valence-electron chi connectivity index (χ1n) is 6.92. The molecule has 0 bridgehead atoms. The van der Waals surface area contributed by atoms with E-state index in [2.05, 4.69) is 15.3 Å². The number of amides is 1. The third kappa shape index (κ3) is 2.61. The summed E-state index contributed by atoms with van der Waals surface area (Å²) in [7, 11) is 0. The van der Waals surface area contributed by atoms with Gasteiger partial charge in [0.05, 0.1) is 10.9 Å². The van der Waals surface area contributed by atoms with Crippen LogP contribution in [0.15, 0.2) is 47.3 Å². The largest absolute Gasteiger partial charge is 0.319 e. The number of carbonyl (C=O) groups is 1. The number of hydrogen-bond donors (Lipinski definition) is 2. The first-order valence-corrected chi connectivity index (χ1v) is 6.92. The van der Waals surface area contributed by atoms with Crippen LogP contribution >= 0.6 is 0 Å². The van der Waals surface area contributed by atoms with Gasteiger partial charge in [0.2, 0.25) is 0 Å². The van der Waals surface area contributed by atoms with Crippen LogP contribution in [-0.4, -0.2) is 15.9 Å². The third-order valence-corrected chi connectivity index (χ3v) is 3.46. The number of nitrogens with zero attached hydrogens (tertiary/aromatic N) is 1. The minimum Gasteiger partial charge on any atom is -0.319 e. The van der Waals surface area contributed by atoms with Crippen molar-refractivity contribution in [3.8, 4) is 0 Å². The molecule has 22 heavy (non-hydrogen) atoms. The zero-order chi connectivity index (χ0) is 15.7. The van der Waals surface area contributed by atoms with Gasteiger partial charge in [0.25, 0.3) is 11.5 Å². The highest BCUT2D eigenvalue weighted by Crippen LogP contribution is 2.16. The molecular weight excluding hydrogens is 278 g/mol. The van der Waals surface area contributed by atoms with Gasteiger partial charge in [0, 0.05) is 5.69 Å². The summed E-state index contributed by atoms with van der Waals surface area (Å²) in [4.78, 5) is 31.0. The average Bonchev–Trinajstić information content (AvgIpc) is 2.50. The van der Waals surface area contributed by atoms with Crippen LogP contribution in [0.25, 0.3) is 10.9 Å². The molecule has 0 radical (unpaired) electrons. The van der Waals surface area contributed by atoms with Gasteiger partial charge < -0.3 is 10.3 Å². The number of aryl methyl sites for hydroxylation is 2. The molecule has 0 aliphatic carbocycles. The number of aromatic amines is 1. The average molecular weight is 293 g/mol. The molecule has 1 heterocycles. The lowest BCUT2D eigenvalue weighted by atomic mass is 10.1. The van der Waals surface area contributed by atoms with E-state index in [9.17, 15) is 9.59 Å². The topological polar surface area (TPSA) is 74.8 Å². The van der Waals surface area contributed by atoms with Gasteiger partial charge in [-0.15, -0.1) is 0 Å². The minimum absolute atomic E-state index is 0.00340. The molecule has 0 atom stereocenters. The summed E-state index contributed by atoms with van der Waals surface area (Å²) in [6.45, 7) is 3.90. The highest BCUT2D eigenvalue weighted by Gasteiger charge is 2.12. The maximum atomic E-state index is 12.3. The lowest BCUT2D eigenvalue weighted by Crippen LogP contribution is -2.21. The number of H-pyrrole nitrogens is 1. The van der Waals surface area contributed by atoms with E-state index >= 15 is 0 Å². The monoisotopic (exact) mass is 293 g/mol. The molecule has 0 aliphatic heterocycles. The zero-order valence-corrected chi connectivity index (χ0v) is 12.3. The quantitative estimate of drug-likeness (QED) is 0.763. The van der Waals surface area contributed by atoms with Crippen LogP contribution < -0.4 is 10.9 Å². The first kappa shape index (κ1) is 14.0. The van der Waals surface area contributed by atoms with Crippen molar-refractivity contribution in [1.82, 2.24) is 9.97 Å². The lowest BCUT2D eigenvalue weighted by Gasteiger charge is -2.09. The molecule has 1 amide bonds. The second-order valence-corrected chi connectivity index (χ2v) is 5.20. The Labute approximate surface area is 127 Å². The number of benzene rings is 2. The Hall–Kier alpha value is -2.95. The zero-order valence-electron chi connectivity index (χ0n) is 12.3. The number of para-hydroxylation sites is 1. The fourth-order valence-electron chi connectivity index (χ4n) is 2.33. The Morgan fingerprint density at radius 3 is 2.68 bits per heavy atom. The predicted octanol–water partition coefficient (Wildman–Crippen LogP) is 2.79. The van der Waals surface area contributed by atoms with Crippen molar-refractivity contribution < 1.29 is 4.79 Å². The molecule has 0 saturated heterocycles. The molecule has 0 unspecified atom stereocenters. The fraction of sp³-hybridized carbons (Fsp3) is 0.118. The second-order valence-electron chi connectivity index (χ2n) is 5.20. The molecule has 3 rings (SSSR count). The molecule has 0 aliphatic rings. The van der Waals surface area contributed by atoms with E-state index in [4.69, 9.17) is 0 Å². The number of carbonyl (C=O) groups excluding carboxylic acids is 1. The van der Waals surface area contributed by atoms with E-state index in [0.717, 1.165) is 11.1 Å². The van der Waals surface area contributed by atoms with E-state index in [1.165, 1.54) is 0 Å². The van der Waals surface area contributed by atoms with Gasteiger partial charge in [-0.05, 0) is 37.6 Å². The van der Waals surface area contributed by atoms with E-state index in [0.29, 0.717) is 16.6 Å². The normalized spacial score (nSPS) is 10.6. The van der Waals surface area contributed by atoms with Crippen molar-refractivity contribution in [2.24, 2.45) is 0 Å². The predicted molar refractivity (Wildman–Crippen MR) is 86.2 cm³/mol. The molecule has 110 valence electrons. The summed E-state index contributed by atoms with van der Waals surface area (Å²) >= 11 is 0. The maximum Gasteiger partial charge on any atom is 0.291 e. The van der Waals surface area contributed by atoms with Crippen LogP contribution in [0.3, 0.4) is 0 Å². The highest BCUT2D eigenvalue weighted by molar-refractivity contribution is 6.02. The number of anilines is 1. The molecule has 1 aromatic heterocycles. The van der Waals surface area contributed by atoms with Crippen LogP contribution in [-0.2, 0) is 0 Å². The Kier molecular flexibility index (Phi) is 3.47. The van der Waals surface area contributed by atoms with Crippen molar-refractivity contribution in [2.75, 3.05) is 5.32 Å². The van der Waals surface area contributed by atoms with Gasteiger partial charge in [0.15, 0.2) is 5.82 Å². The number of rotatable bonds is 2. The lowest BCUT2D eigenvalue weighted by molar-refractivity contribution is 0.101. The van der Waals surface area contributed by atoms with E-state index in [-0.39, 0.29) is 11.4 Å². The SMILES string of the molecule is Cc1ccc(NC(=O)c2nc3ccccc3c(=O)[nH]2)c(C)c1. The van der Waals surface area contributed by atoms with E-state index in [1.54, 1.807) is 24.3 Å². The summed E-state index contributed by atoms with van der Waals surface area (Å²) in [5.41, 5.74) is 2.95. The summed E-state index contributed by atoms with van der Waals surface area (Å²) in [5.74, 6) is -0.432. The molecule has 2 aromatic carbocycles. The minimum atomic E-state index is -0.435. The smallest absolute Gasteiger partial charge is 0.291 e. The van der Waals surface area contributed by atoms with Gasteiger partial charge in [0.1, 0.15) is 0 Å². The molecular formula is C17H15N3O2. The third-order valence-electron chi connectivity index (χ3n) is 3.46. The van der Waals surface area contributed by atoms with Crippen LogP contribution in [0.1, 0.15) is 21.7 Å². The molecule has 5 nitrogen and oxygen atoms in total. The van der Waals surface area contributed by atoms with Gasteiger partial charge in [-0.1, -0.05) is 29.8 Å². The fourth-order valence-corrected chi connectivity index (χ4v) is 2.33. The Morgan fingerprint density at radius 2 is 1.91 bits per heavy atom. The Balaban J connectivity index is 1.97. The number of hydrogen-bond acceptors (Lipinski definition) is 3. The number of fused-ring (bicyclic) bond motifs is 1. The first-order chi connectivity index (χ1) is 10.5. The highest BCUT2D eigenvalue weighted by atomic mass is 16.2. The van der Waals surface area contributed by atoms with Crippen molar-refractivity contribution >= 4 is 22.5 Å². The second kappa shape index (κ2) is 5.44. The Bertz CT molecular complexity index is 929. The van der Waals surface area contributed by atoms with Crippen molar-refractivity contribution in [1.29, 1.82) is 0 Å². The summed E-state index contributed by atoms with van der Waals surface area (Å²) in [6.07, 6.45) is 0. The van der Waals surface area contributed by atoms with Gasteiger partial charge in [-0.25, -0.2) is 4.98 Å².